The number of carbonyl (C=O) groups is 1. The van der Waals surface area contributed by atoms with Crippen LogP contribution < -0.4 is 11.2 Å². The first-order valence-corrected chi connectivity index (χ1v) is 3.98. The van der Waals surface area contributed by atoms with E-state index in [1.165, 1.54) is 0 Å². The van der Waals surface area contributed by atoms with Gasteiger partial charge in [-0.3, -0.25) is 24.5 Å². The first kappa shape index (κ1) is 10.8. The molecule has 80 valence electrons. The number of nitro groups is 1. The topological polar surface area (TPSA) is 115 Å². The molecule has 0 atom stereocenters. The molecule has 0 bridgehead atoms. The van der Waals surface area contributed by atoms with Crippen molar-refractivity contribution in [1.29, 1.82) is 0 Å². The van der Waals surface area contributed by atoms with Crippen molar-refractivity contribution in [2.45, 2.75) is 13.0 Å². The number of carbonyl (C=O) groups excluding carboxylic acids is 1. The van der Waals surface area contributed by atoms with E-state index in [0.717, 1.165) is 10.8 Å². The molecule has 1 aromatic rings. The number of hydrogen-bond acceptors (Lipinski definition) is 5. The molecule has 8 heteroatoms. The Morgan fingerprint density at radius 3 is 2.73 bits per heavy atom. The van der Waals surface area contributed by atoms with Crippen molar-refractivity contribution in [3.8, 4) is 0 Å². The van der Waals surface area contributed by atoms with Crippen molar-refractivity contribution in [3.05, 3.63) is 37.1 Å². The summed E-state index contributed by atoms with van der Waals surface area (Å²) in [5.74, 6) is 0. The highest BCUT2D eigenvalue weighted by Crippen LogP contribution is 1.98. The van der Waals surface area contributed by atoms with E-state index in [9.17, 15) is 24.5 Å². The van der Waals surface area contributed by atoms with E-state index in [2.05, 4.69) is 0 Å². The van der Waals surface area contributed by atoms with Crippen LogP contribution in [0.15, 0.2) is 15.8 Å². The van der Waals surface area contributed by atoms with E-state index in [1.807, 2.05) is 0 Å². The summed E-state index contributed by atoms with van der Waals surface area (Å²) in [6.45, 7) is -0.0000463. The molecule has 0 aliphatic rings. The van der Waals surface area contributed by atoms with E-state index in [-0.39, 0.29) is 13.0 Å². The van der Waals surface area contributed by atoms with Crippen molar-refractivity contribution in [2.75, 3.05) is 0 Å². The molecule has 0 aliphatic heterocycles. The molecule has 8 nitrogen and oxygen atoms in total. The zero-order valence-corrected chi connectivity index (χ0v) is 7.50. The summed E-state index contributed by atoms with van der Waals surface area (Å²) < 4.78 is 0.911. The normalized spacial score (nSPS) is 9.87. The van der Waals surface area contributed by atoms with Gasteiger partial charge in [0.05, 0.1) is 11.1 Å². The van der Waals surface area contributed by atoms with Crippen LogP contribution in [-0.4, -0.2) is 20.8 Å². The van der Waals surface area contributed by atoms with Crippen molar-refractivity contribution < 1.29 is 9.72 Å². The van der Waals surface area contributed by atoms with Crippen molar-refractivity contribution >= 4 is 12.0 Å². The highest BCUT2D eigenvalue weighted by Gasteiger charge is 2.14. The number of aryl methyl sites for hydroxylation is 1. The molecule has 0 saturated heterocycles. The largest absolute Gasteiger partial charge is 0.350 e. The third-order valence-electron chi connectivity index (χ3n) is 1.68. The van der Waals surface area contributed by atoms with Gasteiger partial charge in [-0.2, -0.15) is 0 Å². The van der Waals surface area contributed by atoms with Crippen molar-refractivity contribution in [1.82, 2.24) is 9.55 Å². The molecule has 0 radical (unpaired) electrons. The van der Waals surface area contributed by atoms with Crippen LogP contribution in [0, 0.1) is 10.1 Å². The number of rotatable bonds is 4. The highest BCUT2D eigenvalue weighted by molar-refractivity contribution is 5.48. The van der Waals surface area contributed by atoms with Crippen LogP contribution in [0.2, 0.25) is 0 Å². The van der Waals surface area contributed by atoms with Gasteiger partial charge in [-0.1, -0.05) is 0 Å². The van der Waals surface area contributed by atoms with E-state index in [4.69, 9.17) is 0 Å². The lowest BCUT2D eigenvalue weighted by Gasteiger charge is -2.00. The summed E-state index contributed by atoms with van der Waals surface area (Å²) in [6.07, 6.45) is 1.44. The Balaban J connectivity index is 3.23. The van der Waals surface area contributed by atoms with Crippen LogP contribution in [0.5, 0.6) is 0 Å². The fourth-order valence-corrected chi connectivity index (χ4v) is 0.986. The standard InChI is InChI=1S/C7H7N3O5/c11-3-1-2-9-4-5(10(14)15)6(12)8-7(9)13/h3-4H,1-2H2,(H,8,12,13). The second-order valence-corrected chi connectivity index (χ2v) is 2.68. The zero-order chi connectivity index (χ0) is 11.4. The van der Waals surface area contributed by atoms with Gasteiger partial charge >= 0.3 is 16.9 Å². The monoisotopic (exact) mass is 213 g/mol. The average Bonchev–Trinajstić information content (AvgIpc) is 2.16. The summed E-state index contributed by atoms with van der Waals surface area (Å²) in [6, 6.07) is 0. The van der Waals surface area contributed by atoms with Gasteiger partial charge in [0.25, 0.3) is 0 Å². The summed E-state index contributed by atoms with van der Waals surface area (Å²) in [7, 11) is 0. The van der Waals surface area contributed by atoms with Gasteiger partial charge in [-0.25, -0.2) is 4.79 Å². The van der Waals surface area contributed by atoms with Gasteiger partial charge in [0.2, 0.25) is 0 Å². The van der Waals surface area contributed by atoms with Crippen LogP contribution in [0.1, 0.15) is 6.42 Å². The van der Waals surface area contributed by atoms with E-state index in [1.54, 1.807) is 4.98 Å². The maximum Gasteiger partial charge on any atom is 0.350 e. The second kappa shape index (κ2) is 4.31. The maximum atomic E-state index is 11.1. The lowest BCUT2D eigenvalue weighted by atomic mass is 10.4. The first-order valence-electron chi connectivity index (χ1n) is 3.98. The summed E-state index contributed by atoms with van der Waals surface area (Å²) in [5, 5.41) is 10.4. The Hall–Kier alpha value is -2.25. The molecule has 1 rings (SSSR count). The number of nitrogens with one attached hydrogen (secondary N) is 1. The molecule has 1 heterocycles. The summed E-state index contributed by atoms with van der Waals surface area (Å²) in [5.41, 5.74) is -2.54. The minimum absolute atomic E-state index is 0.0000463. The smallest absolute Gasteiger partial charge is 0.303 e. The van der Waals surface area contributed by atoms with Crippen molar-refractivity contribution in [2.24, 2.45) is 0 Å². The number of aromatic amines is 1. The minimum atomic E-state index is -1.05. The van der Waals surface area contributed by atoms with Crippen LogP contribution in [0.3, 0.4) is 0 Å². The average molecular weight is 213 g/mol. The highest BCUT2D eigenvalue weighted by atomic mass is 16.6. The molecule has 0 amide bonds. The minimum Gasteiger partial charge on any atom is -0.303 e. The molecule has 0 saturated carbocycles. The molecule has 0 unspecified atom stereocenters. The summed E-state index contributed by atoms with van der Waals surface area (Å²) in [4.78, 5) is 43.3. The van der Waals surface area contributed by atoms with Gasteiger partial charge < -0.3 is 4.79 Å². The predicted octanol–water partition coefficient (Wildman–Crippen LogP) is -0.966. The number of aromatic nitrogens is 2. The van der Waals surface area contributed by atoms with E-state index in [0.29, 0.717) is 6.29 Å². The summed E-state index contributed by atoms with van der Waals surface area (Å²) >= 11 is 0. The van der Waals surface area contributed by atoms with Gasteiger partial charge in [0, 0.05) is 13.0 Å². The molecule has 0 fully saturated rings. The van der Waals surface area contributed by atoms with Gasteiger partial charge in [-0.15, -0.1) is 0 Å². The number of aldehydes is 1. The molecular weight excluding hydrogens is 206 g/mol. The van der Waals surface area contributed by atoms with Crippen molar-refractivity contribution in [3.63, 3.8) is 0 Å². The molecule has 0 aromatic carbocycles. The fourth-order valence-electron chi connectivity index (χ4n) is 0.986. The lowest BCUT2D eigenvalue weighted by Crippen LogP contribution is -2.30. The van der Waals surface area contributed by atoms with E-state index >= 15 is 0 Å². The van der Waals surface area contributed by atoms with Crippen LogP contribution in [0.4, 0.5) is 5.69 Å². The Morgan fingerprint density at radius 2 is 2.20 bits per heavy atom. The predicted molar refractivity (Wildman–Crippen MR) is 48.7 cm³/mol. The van der Waals surface area contributed by atoms with Gasteiger partial charge in [-0.05, 0) is 0 Å². The lowest BCUT2D eigenvalue weighted by molar-refractivity contribution is -0.386. The molecule has 1 N–H and O–H groups in total. The first-order chi connectivity index (χ1) is 7.06. The molecule has 0 aliphatic carbocycles. The Morgan fingerprint density at radius 1 is 1.53 bits per heavy atom. The number of nitrogens with zero attached hydrogens (tertiary/aromatic N) is 2. The molecular formula is C7H7N3O5. The molecule has 0 spiro atoms. The number of H-pyrrole nitrogens is 1. The van der Waals surface area contributed by atoms with Crippen LogP contribution >= 0.6 is 0 Å². The zero-order valence-electron chi connectivity index (χ0n) is 7.50. The van der Waals surface area contributed by atoms with Gasteiger partial charge in [0.1, 0.15) is 6.29 Å². The van der Waals surface area contributed by atoms with Crippen LogP contribution in [0.25, 0.3) is 0 Å². The number of hydrogen-bond donors (Lipinski definition) is 1. The Bertz CT molecular complexity index is 500. The van der Waals surface area contributed by atoms with Crippen LogP contribution in [-0.2, 0) is 11.3 Å². The Labute approximate surface area is 82.3 Å². The van der Waals surface area contributed by atoms with Gasteiger partial charge in [0.15, 0.2) is 0 Å². The quantitative estimate of drug-likeness (QED) is 0.392. The Kier molecular flexibility index (Phi) is 3.11. The molecule has 1 aromatic heterocycles. The second-order valence-electron chi connectivity index (χ2n) is 2.68. The molecule has 15 heavy (non-hydrogen) atoms. The third kappa shape index (κ3) is 2.36. The SMILES string of the molecule is O=CCCn1cc([N+](=O)[O-])c(=O)[nH]c1=O. The maximum absolute atomic E-state index is 11.1. The van der Waals surface area contributed by atoms with E-state index < -0.39 is 21.9 Å². The third-order valence-corrected chi connectivity index (χ3v) is 1.68. The fraction of sp³-hybridized carbons (Fsp3) is 0.286.